The Labute approximate surface area is 121 Å². The van der Waals surface area contributed by atoms with Crippen LogP contribution >= 0.6 is 11.8 Å². The van der Waals surface area contributed by atoms with Crippen LogP contribution in [0.3, 0.4) is 0 Å². The zero-order valence-electron chi connectivity index (χ0n) is 11.3. The van der Waals surface area contributed by atoms with E-state index in [1.807, 2.05) is 16.7 Å². The Balaban J connectivity index is 2.29. The van der Waals surface area contributed by atoms with Gasteiger partial charge in [0.05, 0.1) is 12.2 Å². The molecule has 0 aromatic heterocycles. The van der Waals surface area contributed by atoms with Crippen LogP contribution in [-0.4, -0.2) is 29.2 Å². The van der Waals surface area contributed by atoms with Crippen molar-refractivity contribution in [2.24, 2.45) is 0 Å². The van der Waals surface area contributed by atoms with E-state index < -0.39 is 18.3 Å². The molecule has 6 heteroatoms. The van der Waals surface area contributed by atoms with Gasteiger partial charge >= 0.3 is 6.18 Å². The summed E-state index contributed by atoms with van der Waals surface area (Å²) in [5, 5.41) is 9.51. The van der Waals surface area contributed by atoms with Crippen LogP contribution in [0, 0.1) is 0 Å². The van der Waals surface area contributed by atoms with E-state index in [0.717, 1.165) is 31.3 Å². The van der Waals surface area contributed by atoms with Gasteiger partial charge in [-0.3, -0.25) is 0 Å². The van der Waals surface area contributed by atoms with Gasteiger partial charge in [0.1, 0.15) is 0 Å². The van der Waals surface area contributed by atoms with Gasteiger partial charge in [-0.05, 0) is 24.1 Å². The van der Waals surface area contributed by atoms with Gasteiger partial charge in [0.25, 0.3) is 0 Å². The van der Waals surface area contributed by atoms with E-state index in [1.165, 1.54) is 6.07 Å². The van der Waals surface area contributed by atoms with Gasteiger partial charge in [-0.25, -0.2) is 0 Å². The lowest BCUT2D eigenvalue weighted by atomic mass is 10.1. The largest absolute Gasteiger partial charge is 0.416 e. The Morgan fingerprint density at radius 3 is 2.75 bits per heavy atom. The topological polar surface area (TPSA) is 23.5 Å². The number of benzene rings is 1. The maximum Gasteiger partial charge on any atom is 0.416 e. The average molecular weight is 305 g/mol. The second kappa shape index (κ2) is 6.26. The Morgan fingerprint density at radius 2 is 2.15 bits per heavy atom. The summed E-state index contributed by atoms with van der Waals surface area (Å²) < 4.78 is 39.0. The van der Waals surface area contributed by atoms with Crippen LogP contribution in [0.1, 0.15) is 24.5 Å². The summed E-state index contributed by atoms with van der Waals surface area (Å²) in [7, 11) is 0. The third-order valence-corrected chi connectivity index (χ3v) is 4.90. The molecule has 0 amide bonds. The van der Waals surface area contributed by atoms with Crippen molar-refractivity contribution in [2.45, 2.75) is 31.4 Å². The van der Waals surface area contributed by atoms with Crippen LogP contribution in [0.5, 0.6) is 0 Å². The number of anilines is 1. The molecule has 1 aliphatic rings. The number of aliphatic hydroxyl groups excluding tert-OH is 1. The van der Waals surface area contributed by atoms with E-state index in [4.69, 9.17) is 5.11 Å². The minimum Gasteiger partial charge on any atom is -0.392 e. The molecule has 1 fully saturated rings. The van der Waals surface area contributed by atoms with Crippen molar-refractivity contribution in [2.75, 3.05) is 23.7 Å². The van der Waals surface area contributed by atoms with Crippen molar-refractivity contribution in [1.82, 2.24) is 0 Å². The molecule has 1 aliphatic heterocycles. The second-order valence-electron chi connectivity index (χ2n) is 4.84. The van der Waals surface area contributed by atoms with Gasteiger partial charge in [0, 0.05) is 29.8 Å². The molecule has 112 valence electrons. The molecule has 0 saturated carbocycles. The van der Waals surface area contributed by atoms with Gasteiger partial charge in [-0.2, -0.15) is 24.9 Å². The number of hydrogen-bond acceptors (Lipinski definition) is 3. The van der Waals surface area contributed by atoms with Gasteiger partial charge in [0.15, 0.2) is 0 Å². The molecule has 0 radical (unpaired) electrons. The zero-order valence-corrected chi connectivity index (χ0v) is 12.1. The number of thioether (sulfide) groups is 1. The number of aliphatic hydroxyl groups is 1. The van der Waals surface area contributed by atoms with Crippen LogP contribution in [0.25, 0.3) is 0 Å². The lowest BCUT2D eigenvalue weighted by Crippen LogP contribution is -2.37. The molecule has 20 heavy (non-hydrogen) atoms. The maximum atomic E-state index is 13.0. The van der Waals surface area contributed by atoms with E-state index in [1.54, 1.807) is 6.07 Å². The lowest BCUT2D eigenvalue weighted by molar-refractivity contribution is -0.138. The first-order valence-corrected chi connectivity index (χ1v) is 7.68. The highest BCUT2D eigenvalue weighted by Gasteiger charge is 2.34. The molecule has 0 spiro atoms. The quantitative estimate of drug-likeness (QED) is 0.924. The van der Waals surface area contributed by atoms with E-state index in [2.05, 4.69) is 6.92 Å². The van der Waals surface area contributed by atoms with Gasteiger partial charge < -0.3 is 10.0 Å². The summed E-state index contributed by atoms with van der Waals surface area (Å²) >= 11 is 1.88. The minimum atomic E-state index is -4.43. The Bertz CT molecular complexity index is 464. The van der Waals surface area contributed by atoms with Crippen LogP contribution in [0.2, 0.25) is 0 Å². The van der Waals surface area contributed by atoms with Crippen LogP contribution < -0.4 is 4.90 Å². The summed E-state index contributed by atoms with van der Waals surface area (Å²) in [5.41, 5.74) is -0.211. The fourth-order valence-electron chi connectivity index (χ4n) is 2.36. The Hall–Kier alpha value is -0.880. The molecular formula is C14H18F3NOS. The van der Waals surface area contributed by atoms with Crippen molar-refractivity contribution in [3.63, 3.8) is 0 Å². The van der Waals surface area contributed by atoms with Crippen LogP contribution in [0.4, 0.5) is 18.9 Å². The third kappa shape index (κ3) is 3.41. The van der Waals surface area contributed by atoms with Gasteiger partial charge in [-0.1, -0.05) is 13.0 Å². The first kappa shape index (κ1) is 15.5. The molecule has 0 aliphatic carbocycles. The van der Waals surface area contributed by atoms with E-state index in [0.29, 0.717) is 10.9 Å². The first-order chi connectivity index (χ1) is 9.45. The minimum absolute atomic E-state index is 0.0697. The van der Waals surface area contributed by atoms with Crippen molar-refractivity contribution >= 4 is 17.4 Å². The van der Waals surface area contributed by atoms with E-state index in [-0.39, 0.29) is 5.56 Å². The van der Waals surface area contributed by atoms with Gasteiger partial charge in [-0.15, -0.1) is 0 Å². The molecular weight excluding hydrogens is 287 g/mol. The standard InChI is InChI=1S/C14H18F3NOS/c1-2-12-8-18(5-6-20-12)11-4-3-10(9-19)13(7-11)14(15,16)17/h3-4,7,12,19H,2,5-6,8-9H2,1H3. The zero-order chi connectivity index (χ0) is 14.8. The molecule has 1 heterocycles. The Morgan fingerprint density at radius 1 is 1.40 bits per heavy atom. The molecule has 1 aromatic rings. The fourth-order valence-corrected chi connectivity index (χ4v) is 3.54. The van der Waals surface area contributed by atoms with Gasteiger partial charge in [0.2, 0.25) is 0 Å². The predicted octanol–water partition coefficient (Wildman–Crippen LogP) is 3.53. The number of rotatable bonds is 3. The summed E-state index contributed by atoms with van der Waals surface area (Å²) in [4.78, 5) is 2.00. The van der Waals surface area contributed by atoms with E-state index in [9.17, 15) is 13.2 Å². The average Bonchev–Trinajstić information content (AvgIpc) is 2.45. The summed E-state index contributed by atoms with van der Waals surface area (Å²) in [5.74, 6) is 0.932. The van der Waals surface area contributed by atoms with Crippen molar-refractivity contribution in [3.8, 4) is 0 Å². The Kier molecular flexibility index (Phi) is 4.86. The maximum absolute atomic E-state index is 13.0. The third-order valence-electron chi connectivity index (χ3n) is 3.53. The van der Waals surface area contributed by atoms with Crippen LogP contribution in [0.15, 0.2) is 18.2 Å². The summed E-state index contributed by atoms with van der Waals surface area (Å²) in [6.07, 6.45) is -3.41. The SMILES string of the molecule is CCC1CN(c2ccc(CO)c(C(F)(F)F)c2)CCS1. The molecule has 1 unspecified atom stereocenters. The summed E-state index contributed by atoms with van der Waals surface area (Å²) in [6, 6.07) is 4.21. The molecule has 1 aromatic carbocycles. The highest BCUT2D eigenvalue weighted by atomic mass is 32.2. The van der Waals surface area contributed by atoms with Crippen molar-refractivity contribution in [3.05, 3.63) is 29.3 Å². The highest BCUT2D eigenvalue weighted by molar-refractivity contribution is 8.00. The number of alkyl halides is 3. The predicted molar refractivity (Wildman–Crippen MR) is 76.1 cm³/mol. The molecule has 1 N–H and O–H groups in total. The van der Waals surface area contributed by atoms with Crippen molar-refractivity contribution in [1.29, 1.82) is 0 Å². The monoisotopic (exact) mass is 305 g/mol. The lowest BCUT2D eigenvalue weighted by Gasteiger charge is -2.34. The van der Waals surface area contributed by atoms with Crippen molar-refractivity contribution < 1.29 is 18.3 Å². The molecule has 2 rings (SSSR count). The number of hydrogen-bond donors (Lipinski definition) is 1. The number of halogens is 3. The first-order valence-electron chi connectivity index (χ1n) is 6.63. The second-order valence-corrected chi connectivity index (χ2v) is 6.25. The fraction of sp³-hybridized carbons (Fsp3) is 0.571. The number of nitrogens with zero attached hydrogens (tertiary/aromatic N) is 1. The summed E-state index contributed by atoms with van der Waals surface area (Å²) in [6.45, 7) is 3.04. The normalized spacial score (nSPS) is 20.2. The molecule has 1 saturated heterocycles. The molecule has 2 nitrogen and oxygen atoms in total. The highest BCUT2D eigenvalue weighted by Crippen LogP contribution is 2.35. The molecule has 1 atom stereocenters. The molecule has 0 bridgehead atoms. The van der Waals surface area contributed by atoms with Crippen LogP contribution in [-0.2, 0) is 12.8 Å². The van der Waals surface area contributed by atoms with E-state index >= 15 is 0 Å². The smallest absolute Gasteiger partial charge is 0.392 e.